The number of aromatic nitrogens is 4. The van der Waals surface area contributed by atoms with Gasteiger partial charge in [0.05, 0.1) is 11.6 Å². The third-order valence-corrected chi connectivity index (χ3v) is 4.32. The first-order valence-corrected chi connectivity index (χ1v) is 8.54. The van der Waals surface area contributed by atoms with E-state index in [0.717, 1.165) is 41.3 Å². The minimum atomic E-state index is 0.374. The van der Waals surface area contributed by atoms with E-state index >= 15 is 0 Å². The highest BCUT2D eigenvalue weighted by molar-refractivity contribution is 7.98. The van der Waals surface area contributed by atoms with Crippen LogP contribution in [-0.4, -0.2) is 31.3 Å². The Kier molecular flexibility index (Phi) is 4.79. The number of imidazole rings is 1. The van der Waals surface area contributed by atoms with Crippen LogP contribution in [0.15, 0.2) is 0 Å². The Hall–Kier alpha value is -0.680. The molecule has 19 heavy (non-hydrogen) atoms. The van der Waals surface area contributed by atoms with E-state index in [1.807, 2.05) is 23.5 Å². The molecule has 6 heteroatoms. The minimum Gasteiger partial charge on any atom is -0.308 e. The molecule has 0 aliphatic carbocycles. The lowest BCUT2D eigenvalue weighted by Crippen LogP contribution is -2.13. The Balaban J connectivity index is 2.60. The van der Waals surface area contributed by atoms with Gasteiger partial charge in [-0.15, -0.1) is 11.6 Å². The summed E-state index contributed by atoms with van der Waals surface area (Å²) in [4.78, 5) is 4.71. The van der Waals surface area contributed by atoms with Crippen LogP contribution in [0.1, 0.15) is 37.8 Å². The van der Waals surface area contributed by atoms with Gasteiger partial charge in [0.2, 0.25) is 0 Å². The summed E-state index contributed by atoms with van der Waals surface area (Å²) in [5, 5.41) is 4.60. The molecular formula is C13H21ClN4S. The lowest BCUT2D eigenvalue weighted by atomic mass is 10.2. The largest absolute Gasteiger partial charge is 0.308 e. The van der Waals surface area contributed by atoms with E-state index in [9.17, 15) is 0 Å². The fourth-order valence-corrected chi connectivity index (χ4v) is 3.35. The highest BCUT2D eigenvalue weighted by Gasteiger charge is 2.21. The van der Waals surface area contributed by atoms with Crippen molar-refractivity contribution in [1.82, 2.24) is 19.3 Å². The summed E-state index contributed by atoms with van der Waals surface area (Å²) in [6.45, 7) is 4.37. The van der Waals surface area contributed by atoms with Crippen LogP contribution in [0.5, 0.6) is 0 Å². The van der Waals surface area contributed by atoms with E-state index < -0.39 is 0 Å². The van der Waals surface area contributed by atoms with Gasteiger partial charge in [0, 0.05) is 18.8 Å². The number of nitrogens with zero attached hydrogens (tertiary/aromatic N) is 4. The minimum absolute atomic E-state index is 0.374. The number of fused-ring (bicyclic) bond motifs is 1. The van der Waals surface area contributed by atoms with E-state index in [1.165, 1.54) is 0 Å². The SMILES string of the molecule is CCCc1nn(C)c2c1nc(CCl)n2C(C)CSC. The summed E-state index contributed by atoms with van der Waals surface area (Å²) < 4.78 is 4.19. The van der Waals surface area contributed by atoms with Gasteiger partial charge >= 0.3 is 0 Å². The number of alkyl halides is 1. The Morgan fingerprint density at radius 1 is 1.42 bits per heavy atom. The van der Waals surface area contributed by atoms with Crippen molar-refractivity contribution in [2.75, 3.05) is 12.0 Å². The number of hydrogen-bond donors (Lipinski definition) is 0. The smallest absolute Gasteiger partial charge is 0.158 e. The van der Waals surface area contributed by atoms with E-state index in [2.05, 4.69) is 29.8 Å². The van der Waals surface area contributed by atoms with Crippen molar-refractivity contribution in [3.8, 4) is 0 Å². The van der Waals surface area contributed by atoms with Crippen molar-refractivity contribution in [3.05, 3.63) is 11.5 Å². The number of thioether (sulfide) groups is 1. The fourth-order valence-electron chi connectivity index (χ4n) is 2.53. The molecule has 0 saturated heterocycles. The van der Waals surface area contributed by atoms with Crippen molar-refractivity contribution >= 4 is 34.5 Å². The third kappa shape index (κ3) is 2.63. The monoisotopic (exact) mass is 300 g/mol. The highest BCUT2D eigenvalue weighted by atomic mass is 35.5. The predicted molar refractivity (Wildman–Crippen MR) is 83.1 cm³/mol. The maximum Gasteiger partial charge on any atom is 0.158 e. The molecule has 1 atom stereocenters. The zero-order chi connectivity index (χ0) is 14.0. The molecule has 0 aromatic carbocycles. The van der Waals surface area contributed by atoms with Crippen LogP contribution in [0.2, 0.25) is 0 Å². The lowest BCUT2D eigenvalue weighted by Gasteiger charge is -2.15. The summed E-state index contributed by atoms with van der Waals surface area (Å²) in [7, 11) is 1.99. The van der Waals surface area contributed by atoms with Gasteiger partial charge in [0.15, 0.2) is 5.65 Å². The van der Waals surface area contributed by atoms with E-state index in [-0.39, 0.29) is 0 Å². The first-order valence-electron chi connectivity index (χ1n) is 6.61. The van der Waals surface area contributed by atoms with Gasteiger partial charge in [0.25, 0.3) is 0 Å². The van der Waals surface area contributed by atoms with Crippen LogP contribution in [0.3, 0.4) is 0 Å². The second-order valence-electron chi connectivity index (χ2n) is 4.83. The van der Waals surface area contributed by atoms with Gasteiger partial charge in [-0.1, -0.05) is 13.3 Å². The van der Waals surface area contributed by atoms with E-state index in [1.54, 1.807) is 0 Å². The van der Waals surface area contributed by atoms with Crippen molar-refractivity contribution in [3.63, 3.8) is 0 Å². The number of aryl methyl sites for hydroxylation is 2. The Labute approximate surface area is 123 Å². The number of rotatable bonds is 6. The predicted octanol–water partition coefficient (Wildman–Crippen LogP) is 3.39. The molecule has 0 spiro atoms. The molecule has 2 aromatic heterocycles. The summed E-state index contributed by atoms with van der Waals surface area (Å²) in [6, 6.07) is 0.374. The topological polar surface area (TPSA) is 35.6 Å². The molecule has 0 aliphatic rings. The van der Waals surface area contributed by atoms with Gasteiger partial charge in [0.1, 0.15) is 11.3 Å². The zero-order valence-electron chi connectivity index (χ0n) is 12.0. The molecule has 0 aliphatic heterocycles. The molecule has 2 rings (SSSR count). The van der Waals surface area contributed by atoms with Crippen LogP contribution in [0.25, 0.3) is 11.2 Å². The molecule has 0 fully saturated rings. The molecular weight excluding hydrogens is 280 g/mol. The van der Waals surface area contributed by atoms with Gasteiger partial charge in [-0.2, -0.15) is 16.9 Å². The Bertz CT molecular complexity index is 560. The molecule has 106 valence electrons. The van der Waals surface area contributed by atoms with Crippen molar-refractivity contribution in [2.45, 2.75) is 38.6 Å². The molecule has 2 heterocycles. The molecule has 2 aromatic rings. The molecule has 0 saturated carbocycles. The van der Waals surface area contributed by atoms with Gasteiger partial charge in [-0.25, -0.2) is 4.98 Å². The highest BCUT2D eigenvalue weighted by Crippen LogP contribution is 2.26. The quantitative estimate of drug-likeness (QED) is 0.767. The zero-order valence-corrected chi connectivity index (χ0v) is 13.6. The van der Waals surface area contributed by atoms with Crippen LogP contribution in [0.4, 0.5) is 0 Å². The van der Waals surface area contributed by atoms with Crippen molar-refractivity contribution < 1.29 is 0 Å². The average Bonchev–Trinajstić information content (AvgIpc) is 2.89. The third-order valence-electron chi connectivity index (χ3n) is 3.26. The first-order chi connectivity index (χ1) is 9.13. The molecule has 0 amide bonds. The maximum absolute atomic E-state index is 6.07. The molecule has 0 radical (unpaired) electrons. The Morgan fingerprint density at radius 3 is 2.74 bits per heavy atom. The number of hydrogen-bond acceptors (Lipinski definition) is 3. The normalized spacial score (nSPS) is 13.3. The maximum atomic E-state index is 6.07. The van der Waals surface area contributed by atoms with Crippen molar-refractivity contribution in [1.29, 1.82) is 0 Å². The van der Waals surface area contributed by atoms with Gasteiger partial charge in [-0.3, -0.25) is 4.68 Å². The second kappa shape index (κ2) is 6.18. The van der Waals surface area contributed by atoms with Crippen LogP contribution in [0, 0.1) is 0 Å². The lowest BCUT2D eigenvalue weighted by molar-refractivity contribution is 0.583. The van der Waals surface area contributed by atoms with Gasteiger partial charge in [-0.05, 0) is 19.6 Å². The molecule has 4 nitrogen and oxygen atoms in total. The van der Waals surface area contributed by atoms with E-state index in [0.29, 0.717) is 11.9 Å². The Morgan fingerprint density at radius 2 is 2.16 bits per heavy atom. The summed E-state index contributed by atoms with van der Waals surface area (Å²) in [6.07, 6.45) is 4.17. The summed E-state index contributed by atoms with van der Waals surface area (Å²) >= 11 is 7.90. The number of halogens is 1. The van der Waals surface area contributed by atoms with Gasteiger partial charge < -0.3 is 4.57 Å². The molecule has 1 unspecified atom stereocenters. The standard InChI is InChI=1S/C13H21ClN4S/c1-5-6-10-12-13(17(3)16-10)18(9(2)8-19-4)11(7-14)15-12/h9H,5-8H2,1-4H3. The van der Waals surface area contributed by atoms with Crippen LogP contribution < -0.4 is 0 Å². The van der Waals surface area contributed by atoms with Crippen LogP contribution in [-0.2, 0) is 19.3 Å². The molecule has 0 bridgehead atoms. The van der Waals surface area contributed by atoms with E-state index in [4.69, 9.17) is 16.6 Å². The average molecular weight is 301 g/mol. The van der Waals surface area contributed by atoms with Crippen molar-refractivity contribution in [2.24, 2.45) is 7.05 Å². The summed E-state index contributed by atoms with van der Waals surface area (Å²) in [5.74, 6) is 2.44. The fraction of sp³-hybridized carbons (Fsp3) is 0.692. The van der Waals surface area contributed by atoms with Crippen LogP contribution >= 0.6 is 23.4 Å². The molecule has 0 N–H and O–H groups in total. The first kappa shape index (κ1) is 14.7. The second-order valence-corrected chi connectivity index (χ2v) is 6.01. The summed E-state index contributed by atoms with van der Waals surface area (Å²) in [5.41, 5.74) is 3.20.